The van der Waals surface area contributed by atoms with Crippen molar-refractivity contribution in [2.45, 2.75) is 47.6 Å². The molecule has 0 N–H and O–H groups in total. The van der Waals surface area contributed by atoms with Gasteiger partial charge < -0.3 is 4.74 Å². The van der Waals surface area contributed by atoms with Crippen molar-refractivity contribution in [3.05, 3.63) is 11.6 Å². The summed E-state index contributed by atoms with van der Waals surface area (Å²) in [5, 5.41) is 0. The van der Waals surface area contributed by atoms with Gasteiger partial charge in [-0.2, -0.15) is 0 Å². The number of carbonyl (C=O) groups excluding carboxylic acids is 1. The monoisotopic (exact) mass is 198 g/mol. The van der Waals surface area contributed by atoms with E-state index in [0.29, 0.717) is 11.8 Å². The van der Waals surface area contributed by atoms with Gasteiger partial charge in [0, 0.05) is 6.08 Å². The molecule has 0 heterocycles. The molecule has 0 saturated heterocycles. The molecule has 82 valence electrons. The van der Waals surface area contributed by atoms with Gasteiger partial charge in [0.1, 0.15) is 0 Å². The van der Waals surface area contributed by atoms with E-state index in [1.165, 1.54) is 0 Å². The molecule has 0 aromatic rings. The zero-order valence-electron chi connectivity index (χ0n) is 10.1. The largest absolute Gasteiger partial charge is 0.460 e. The Morgan fingerprint density at radius 2 is 1.43 bits per heavy atom. The predicted molar refractivity (Wildman–Crippen MR) is 59.0 cm³/mol. The van der Waals surface area contributed by atoms with Gasteiger partial charge in [0.05, 0.1) is 6.10 Å². The summed E-state index contributed by atoms with van der Waals surface area (Å²) in [5.41, 5.74) is 1.15. The lowest BCUT2D eigenvalue weighted by Crippen LogP contribution is -2.12. The van der Waals surface area contributed by atoms with Crippen LogP contribution in [0.1, 0.15) is 41.5 Å². The predicted octanol–water partition coefficient (Wildman–Crippen LogP) is 3.18. The maximum Gasteiger partial charge on any atom is 0.330 e. The molecule has 0 aromatic carbocycles. The molecular formula is C12H22O2. The first-order valence-corrected chi connectivity index (χ1v) is 5.26. The van der Waals surface area contributed by atoms with Crippen LogP contribution in [0.25, 0.3) is 0 Å². The van der Waals surface area contributed by atoms with Crippen LogP contribution in [-0.2, 0) is 9.53 Å². The summed E-state index contributed by atoms with van der Waals surface area (Å²) in [6.45, 7) is 12.1. The van der Waals surface area contributed by atoms with Gasteiger partial charge in [-0.15, -0.1) is 0 Å². The van der Waals surface area contributed by atoms with E-state index in [0.717, 1.165) is 5.57 Å². The Morgan fingerprint density at radius 1 is 1.00 bits per heavy atom. The minimum Gasteiger partial charge on any atom is -0.460 e. The molecule has 0 bridgehead atoms. The van der Waals surface area contributed by atoms with Crippen LogP contribution in [0.15, 0.2) is 11.6 Å². The van der Waals surface area contributed by atoms with E-state index in [1.807, 2.05) is 13.8 Å². The molecule has 0 amide bonds. The lowest BCUT2D eigenvalue weighted by atomic mass is 9.92. The van der Waals surface area contributed by atoms with Gasteiger partial charge in [-0.05, 0) is 25.7 Å². The van der Waals surface area contributed by atoms with Crippen LogP contribution in [0.5, 0.6) is 0 Å². The van der Waals surface area contributed by atoms with E-state index in [2.05, 4.69) is 27.7 Å². The molecule has 0 radical (unpaired) electrons. The molecule has 0 fully saturated rings. The summed E-state index contributed by atoms with van der Waals surface area (Å²) < 4.78 is 5.07. The minimum atomic E-state index is -0.225. The topological polar surface area (TPSA) is 26.3 Å². The highest BCUT2D eigenvalue weighted by atomic mass is 16.5. The number of hydrogen-bond acceptors (Lipinski definition) is 2. The summed E-state index contributed by atoms with van der Waals surface area (Å²) in [7, 11) is 0. The normalized spacial score (nSPS) is 10.9. The van der Waals surface area contributed by atoms with Crippen molar-refractivity contribution in [1.29, 1.82) is 0 Å². The molecule has 0 aliphatic carbocycles. The van der Waals surface area contributed by atoms with Crippen molar-refractivity contribution in [3.63, 3.8) is 0 Å². The first kappa shape index (κ1) is 13.2. The first-order valence-electron chi connectivity index (χ1n) is 5.26. The molecule has 0 saturated carbocycles. The van der Waals surface area contributed by atoms with Gasteiger partial charge in [0.2, 0.25) is 0 Å². The van der Waals surface area contributed by atoms with Crippen LogP contribution in [-0.4, -0.2) is 12.1 Å². The van der Waals surface area contributed by atoms with E-state index < -0.39 is 0 Å². The Hall–Kier alpha value is -0.790. The number of carbonyl (C=O) groups is 1. The molecule has 0 aliphatic heterocycles. The van der Waals surface area contributed by atoms with Gasteiger partial charge in [-0.1, -0.05) is 33.3 Å². The maximum atomic E-state index is 11.4. The molecule has 2 nitrogen and oxygen atoms in total. The Bertz CT molecular complexity index is 202. The maximum absolute atomic E-state index is 11.4. The van der Waals surface area contributed by atoms with Gasteiger partial charge in [0.15, 0.2) is 0 Å². The van der Waals surface area contributed by atoms with Crippen molar-refractivity contribution < 1.29 is 9.53 Å². The average Bonchev–Trinajstić information content (AvgIpc) is 1.97. The second-order valence-corrected chi connectivity index (χ2v) is 4.44. The molecule has 0 aliphatic rings. The number of hydrogen-bond donors (Lipinski definition) is 0. The van der Waals surface area contributed by atoms with Gasteiger partial charge >= 0.3 is 5.97 Å². The first-order chi connectivity index (χ1) is 6.34. The summed E-state index contributed by atoms with van der Waals surface area (Å²) in [4.78, 5) is 11.4. The van der Waals surface area contributed by atoms with Crippen molar-refractivity contribution in [1.82, 2.24) is 0 Å². The number of esters is 1. The van der Waals surface area contributed by atoms with Crippen molar-refractivity contribution in [2.24, 2.45) is 11.8 Å². The van der Waals surface area contributed by atoms with E-state index >= 15 is 0 Å². The van der Waals surface area contributed by atoms with Crippen LogP contribution in [0.3, 0.4) is 0 Å². The fraction of sp³-hybridized carbons (Fsp3) is 0.750. The van der Waals surface area contributed by atoms with E-state index in [-0.39, 0.29) is 12.1 Å². The average molecular weight is 198 g/mol. The van der Waals surface area contributed by atoms with Crippen LogP contribution in [0.4, 0.5) is 0 Å². The third-order valence-electron chi connectivity index (χ3n) is 1.97. The molecule has 0 aromatic heterocycles. The fourth-order valence-corrected chi connectivity index (χ4v) is 1.40. The van der Waals surface area contributed by atoms with Gasteiger partial charge in [-0.3, -0.25) is 0 Å². The van der Waals surface area contributed by atoms with E-state index in [4.69, 9.17) is 4.74 Å². The second kappa shape index (κ2) is 5.84. The lowest BCUT2D eigenvalue weighted by molar-refractivity contribution is -0.141. The van der Waals surface area contributed by atoms with Crippen molar-refractivity contribution in [3.8, 4) is 0 Å². The van der Waals surface area contributed by atoms with Gasteiger partial charge in [-0.25, -0.2) is 4.79 Å². The van der Waals surface area contributed by atoms with E-state index in [9.17, 15) is 4.79 Å². The summed E-state index contributed by atoms with van der Waals surface area (Å²) in [5.74, 6) is 0.571. The number of allylic oxidation sites excluding steroid dienone is 1. The summed E-state index contributed by atoms with van der Waals surface area (Å²) in [6.07, 6.45) is 1.59. The van der Waals surface area contributed by atoms with Crippen LogP contribution >= 0.6 is 0 Å². The SMILES string of the molecule is CC(C)OC(=O)C=C(C(C)C)C(C)C. The quantitative estimate of drug-likeness (QED) is 0.512. The van der Waals surface area contributed by atoms with Crippen LogP contribution < -0.4 is 0 Å². The summed E-state index contributed by atoms with van der Waals surface area (Å²) >= 11 is 0. The standard InChI is InChI=1S/C12H22O2/c1-8(2)11(9(3)4)7-12(13)14-10(5)6/h7-10H,1-6H3. The van der Waals surface area contributed by atoms with Gasteiger partial charge in [0.25, 0.3) is 0 Å². The highest BCUT2D eigenvalue weighted by Gasteiger charge is 2.11. The Balaban J connectivity index is 4.50. The van der Waals surface area contributed by atoms with Crippen molar-refractivity contribution in [2.75, 3.05) is 0 Å². The number of rotatable bonds is 4. The zero-order chi connectivity index (χ0) is 11.3. The molecular weight excluding hydrogens is 176 g/mol. The lowest BCUT2D eigenvalue weighted by Gasteiger charge is -2.15. The molecule has 14 heavy (non-hydrogen) atoms. The Kier molecular flexibility index (Phi) is 5.51. The Labute approximate surface area is 87.3 Å². The molecule has 2 heteroatoms. The zero-order valence-corrected chi connectivity index (χ0v) is 10.1. The number of ether oxygens (including phenoxy) is 1. The van der Waals surface area contributed by atoms with Crippen molar-refractivity contribution >= 4 is 5.97 Å². The third-order valence-corrected chi connectivity index (χ3v) is 1.97. The molecule has 0 atom stereocenters. The summed E-state index contributed by atoms with van der Waals surface area (Å²) in [6, 6.07) is 0. The third kappa shape index (κ3) is 5.05. The molecule has 0 spiro atoms. The minimum absolute atomic E-state index is 0.0423. The molecule has 0 rings (SSSR count). The second-order valence-electron chi connectivity index (χ2n) is 4.44. The van der Waals surface area contributed by atoms with Crippen LogP contribution in [0, 0.1) is 11.8 Å². The highest BCUT2D eigenvalue weighted by molar-refractivity contribution is 5.83. The highest BCUT2D eigenvalue weighted by Crippen LogP contribution is 2.19. The van der Waals surface area contributed by atoms with E-state index in [1.54, 1.807) is 6.08 Å². The van der Waals surface area contributed by atoms with Crippen LogP contribution in [0.2, 0.25) is 0 Å². The molecule has 0 unspecified atom stereocenters. The Morgan fingerprint density at radius 3 is 1.71 bits per heavy atom. The smallest absolute Gasteiger partial charge is 0.330 e. The fourth-order valence-electron chi connectivity index (χ4n) is 1.40.